The highest BCUT2D eigenvalue weighted by Crippen LogP contribution is 2.25. The Morgan fingerprint density at radius 2 is 1.39 bits per heavy atom. The Labute approximate surface area is 211 Å². The van der Waals surface area contributed by atoms with Gasteiger partial charge in [-0.2, -0.15) is 0 Å². The van der Waals surface area contributed by atoms with Crippen molar-refractivity contribution >= 4 is 29.2 Å². The Kier molecular flexibility index (Phi) is 9.22. The van der Waals surface area contributed by atoms with Gasteiger partial charge in [-0.3, -0.25) is 14.4 Å². The normalized spacial score (nSPS) is 10.4. The van der Waals surface area contributed by atoms with Crippen molar-refractivity contribution in [1.29, 1.82) is 0 Å². The average molecular weight is 489 g/mol. The molecule has 0 aliphatic rings. The quantitative estimate of drug-likeness (QED) is 0.341. The minimum absolute atomic E-state index is 0.0486. The Morgan fingerprint density at radius 1 is 0.694 bits per heavy atom. The fourth-order valence-electron chi connectivity index (χ4n) is 3.71. The molecule has 3 aromatic rings. The Hall–Kier alpha value is -4.13. The van der Waals surface area contributed by atoms with Crippen LogP contribution in [0, 0.1) is 27.7 Å². The van der Waals surface area contributed by atoms with Crippen LogP contribution in [-0.4, -0.2) is 24.4 Å². The van der Waals surface area contributed by atoms with E-state index < -0.39 is 11.9 Å². The van der Waals surface area contributed by atoms with Gasteiger partial charge in [0.15, 0.2) is 6.61 Å². The standard InChI is InChI=1S/C29H32N2O5/c1-19-8-13-26(22(4)15-19)31-28(33)18-35-29(34)7-5-6-27(32)30-23-9-11-24(12-10-23)36-25-16-20(2)14-21(3)17-25/h8-17H,5-7,18H2,1-4H3,(H,30,32)(H,31,33). The monoisotopic (exact) mass is 488 g/mol. The smallest absolute Gasteiger partial charge is 0.306 e. The summed E-state index contributed by atoms with van der Waals surface area (Å²) >= 11 is 0. The third kappa shape index (κ3) is 8.58. The van der Waals surface area contributed by atoms with Crippen molar-refractivity contribution in [3.05, 3.63) is 82.9 Å². The van der Waals surface area contributed by atoms with Crippen LogP contribution in [0.25, 0.3) is 0 Å². The highest BCUT2D eigenvalue weighted by atomic mass is 16.5. The SMILES string of the molecule is Cc1cc(C)cc(Oc2ccc(NC(=O)CCCC(=O)OCC(=O)Nc3ccc(C)cc3C)cc2)c1. The van der Waals surface area contributed by atoms with Crippen LogP contribution < -0.4 is 15.4 Å². The molecule has 188 valence electrons. The summed E-state index contributed by atoms with van der Waals surface area (Å²) in [6, 6.07) is 18.8. The number of carbonyl (C=O) groups excluding carboxylic acids is 3. The molecule has 7 heteroatoms. The number of esters is 1. The predicted molar refractivity (Wildman–Crippen MR) is 140 cm³/mol. The number of carbonyl (C=O) groups is 3. The molecule has 0 saturated heterocycles. The second-order valence-electron chi connectivity index (χ2n) is 8.88. The van der Waals surface area contributed by atoms with E-state index >= 15 is 0 Å². The van der Waals surface area contributed by atoms with E-state index in [1.165, 1.54) is 0 Å². The molecule has 7 nitrogen and oxygen atoms in total. The van der Waals surface area contributed by atoms with Gasteiger partial charge in [-0.1, -0.05) is 23.8 Å². The minimum atomic E-state index is -0.522. The lowest BCUT2D eigenvalue weighted by Gasteiger charge is -2.10. The highest BCUT2D eigenvalue weighted by Gasteiger charge is 2.11. The van der Waals surface area contributed by atoms with Gasteiger partial charge in [0, 0.05) is 24.2 Å². The molecule has 0 unspecified atom stereocenters. The molecule has 36 heavy (non-hydrogen) atoms. The zero-order valence-corrected chi connectivity index (χ0v) is 21.1. The fourth-order valence-corrected chi connectivity index (χ4v) is 3.71. The molecule has 0 fully saturated rings. The fraction of sp³-hybridized carbons (Fsp3) is 0.276. The lowest BCUT2D eigenvalue weighted by atomic mass is 10.1. The number of rotatable bonds is 10. The molecule has 0 atom stereocenters. The Balaban J connectivity index is 1.35. The summed E-state index contributed by atoms with van der Waals surface area (Å²) in [6.45, 7) is 7.54. The number of hydrogen-bond acceptors (Lipinski definition) is 5. The first-order valence-electron chi connectivity index (χ1n) is 11.9. The third-order valence-electron chi connectivity index (χ3n) is 5.37. The molecular weight excluding hydrogens is 456 g/mol. The van der Waals surface area contributed by atoms with Crippen molar-refractivity contribution in [2.24, 2.45) is 0 Å². The van der Waals surface area contributed by atoms with E-state index in [2.05, 4.69) is 16.7 Å². The first-order chi connectivity index (χ1) is 17.2. The summed E-state index contributed by atoms with van der Waals surface area (Å²) in [5.41, 5.74) is 5.60. The summed E-state index contributed by atoms with van der Waals surface area (Å²) in [6.07, 6.45) is 0.523. The zero-order valence-electron chi connectivity index (χ0n) is 21.1. The molecule has 0 aromatic heterocycles. The maximum absolute atomic E-state index is 12.2. The van der Waals surface area contributed by atoms with E-state index in [9.17, 15) is 14.4 Å². The number of ether oxygens (including phenoxy) is 2. The van der Waals surface area contributed by atoms with Crippen LogP contribution in [0.15, 0.2) is 60.7 Å². The van der Waals surface area contributed by atoms with Crippen LogP contribution in [-0.2, 0) is 19.1 Å². The molecular formula is C29H32N2O5. The van der Waals surface area contributed by atoms with Crippen LogP contribution in [0.3, 0.4) is 0 Å². The number of anilines is 2. The van der Waals surface area contributed by atoms with Crippen molar-refractivity contribution in [1.82, 2.24) is 0 Å². The molecule has 2 N–H and O–H groups in total. The Bertz CT molecular complexity index is 1210. The third-order valence-corrected chi connectivity index (χ3v) is 5.37. The van der Waals surface area contributed by atoms with Crippen LogP contribution in [0.2, 0.25) is 0 Å². The molecule has 0 heterocycles. The minimum Gasteiger partial charge on any atom is -0.457 e. The first-order valence-corrected chi connectivity index (χ1v) is 11.9. The molecule has 3 aromatic carbocycles. The summed E-state index contributed by atoms with van der Waals surface area (Å²) in [5, 5.41) is 5.53. The number of amides is 2. The topological polar surface area (TPSA) is 93.7 Å². The molecule has 0 saturated carbocycles. The summed E-state index contributed by atoms with van der Waals surface area (Å²) in [4.78, 5) is 36.2. The van der Waals surface area contributed by atoms with Crippen LogP contribution in [0.1, 0.15) is 41.5 Å². The van der Waals surface area contributed by atoms with E-state index in [1.54, 1.807) is 24.3 Å². The van der Waals surface area contributed by atoms with E-state index in [4.69, 9.17) is 9.47 Å². The molecule has 0 radical (unpaired) electrons. The van der Waals surface area contributed by atoms with Gasteiger partial charge in [0.2, 0.25) is 5.91 Å². The number of aryl methyl sites for hydroxylation is 4. The lowest BCUT2D eigenvalue weighted by Crippen LogP contribution is -2.21. The summed E-state index contributed by atoms with van der Waals surface area (Å²) < 4.78 is 10.9. The van der Waals surface area contributed by atoms with Crippen molar-refractivity contribution in [2.45, 2.75) is 47.0 Å². The molecule has 0 aliphatic carbocycles. The van der Waals surface area contributed by atoms with Crippen LogP contribution in [0.5, 0.6) is 11.5 Å². The maximum atomic E-state index is 12.2. The van der Waals surface area contributed by atoms with Gasteiger partial charge in [-0.25, -0.2) is 0 Å². The number of benzene rings is 3. The van der Waals surface area contributed by atoms with E-state index in [1.807, 2.05) is 58.0 Å². The van der Waals surface area contributed by atoms with Crippen molar-refractivity contribution in [3.63, 3.8) is 0 Å². The van der Waals surface area contributed by atoms with Crippen molar-refractivity contribution in [2.75, 3.05) is 17.2 Å². The van der Waals surface area contributed by atoms with E-state index in [-0.39, 0.29) is 25.4 Å². The molecule has 0 bridgehead atoms. The van der Waals surface area contributed by atoms with E-state index in [0.29, 0.717) is 23.5 Å². The molecule has 0 aliphatic heterocycles. The van der Waals surface area contributed by atoms with E-state index in [0.717, 1.165) is 28.0 Å². The van der Waals surface area contributed by atoms with Crippen LogP contribution in [0.4, 0.5) is 11.4 Å². The largest absolute Gasteiger partial charge is 0.457 e. The number of nitrogens with one attached hydrogen (secondary N) is 2. The number of hydrogen-bond donors (Lipinski definition) is 2. The van der Waals surface area contributed by atoms with Crippen molar-refractivity contribution < 1.29 is 23.9 Å². The molecule has 2 amide bonds. The Morgan fingerprint density at radius 3 is 2.06 bits per heavy atom. The van der Waals surface area contributed by atoms with Gasteiger partial charge in [-0.05, 0) is 93.3 Å². The van der Waals surface area contributed by atoms with Crippen LogP contribution >= 0.6 is 0 Å². The van der Waals surface area contributed by atoms with Gasteiger partial charge < -0.3 is 20.1 Å². The lowest BCUT2D eigenvalue weighted by molar-refractivity contribution is -0.147. The molecule has 3 rings (SSSR count). The predicted octanol–water partition coefficient (Wildman–Crippen LogP) is 6.00. The average Bonchev–Trinajstić information content (AvgIpc) is 2.80. The maximum Gasteiger partial charge on any atom is 0.306 e. The molecule has 0 spiro atoms. The highest BCUT2D eigenvalue weighted by molar-refractivity contribution is 5.93. The van der Waals surface area contributed by atoms with Gasteiger partial charge >= 0.3 is 5.97 Å². The first kappa shape index (κ1) is 26.5. The summed E-state index contributed by atoms with van der Waals surface area (Å²) in [7, 11) is 0. The van der Waals surface area contributed by atoms with Gasteiger partial charge in [-0.15, -0.1) is 0 Å². The van der Waals surface area contributed by atoms with Gasteiger partial charge in [0.1, 0.15) is 11.5 Å². The second kappa shape index (κ2) is 12.5. The summed E-state index contributed by atoms with van der Waals surface area (Å²) in [5.74, 6) is 0.295. The van der Waals surface area contributed by atoms with Gasteiger partial charge in [0.25, 0.3) is 5.91 Å². The van der Waals surface area contributed by atoms with Gasteiger partial charge in [0.05, 0.1) is 0 Å². The van der Waals surface area contributed by atoms with Crippen molar-refractivity contribution in [3.8, 4) is 11.5 Å². The second-order valence-corrected chi connectivity index (χ2v) is 8.88. The zero-order chi connectivity index (χ0) is 26.1.